The second-order valence-electron chi connectivity index (χ2n) is 4.99. The standard InChI is InChI=1S/C14H19FO/c1-4-9-5-6-10-13(9)11(8(2)3)7-12(16)14(10)15/h7-9,16H,4-6H2,1-3H3. The van der Waals surface area contributed by atoms with Crippen LogP contribution in [-0.4, -0.2) is 5.11 Å². The first-order chi connectivity index (χ1) is 7.56. The third kappa shape index (κ3) is 1.60. The summed E-state index contributed by atoms with van der Waals surface area (Å²) in [5, 5.41) is 9.60. The Morgan fingerprint density at radius 3 is 2.75 bits per heavy atom. The van der Waals surface area contributed by atoms with Gasteiger partial charge in [0.05, 0.1) is 0 Å². The van der Waals surface area contributed by atoms with Gasteiger partial charge >= 0.3 is 0 Å². The van der Waals surface area contributed by atoms with Crippen LogP contribution in [0.2, 0.25) is 0 Å². The van der Waals surface area contributed by atoms with Gasteiger partial charge in [-0.25, -0.2) is 4.39 Å². The van der Waals surface area contributed by atoms with Gasteiger partial charge in [-0.05, 0) is 53.9 Å². The lowest BCUT2D eigenvalue weighted by molar-refractivity contribution is 0.427. The number of halogens is 1. The average molecular weight is 222 g/mol. The normalized spacial score (nSPS) is 19.2. The van der Waals surface area contributed by atoms with Crippen molar-refractivity contribution in [1.82, 2.24) is 0 Å². The summed E-state index contributed by atoms with van der Waals surface area (Å²) in [6, 6.07) is 1.62. The summed E-state index contributed by atoms with van der Waals surface area (Å²) in [4.78, 5) is 0. The molecule has 2 heteroatoms. The number of hydrogen-bond acceptors (Lipinski definition) is 1. The highest BCUT2D eigenvalue weighted by Crippen LogP contribution is 2.43. The molecule has 0 heterocycles. The molecule has 0 radical (unpaired) electrons. The Hall–Kier alpha value is -1.05. The molecule has 0 aromatic heterocycles. The van der Waals surface area contributed by atoms with Crippen molar-refractivity contribution in [2.24, 2.45) is 0 Å². The molecule has 88 valence electrons. The van der Waals surface area contributed by atoms with Crippen molar-refractivity contribution in [2.45, 2.75) is 51.9 Å². The highest BCUT2D eigenvalue weighted by Gasteiger charge is 2.29. The van der Waals surface area contributed by atoms with Crippen LogP contribution in [0.5, 0.6) is 5.75 Å². The van der Waals surface area contributed by atoms with Crippen LogP contribution in [0.25, 0.3) is 0 Å². The van der Waals surface area contributed by atoms with Crippen molar-refractivity contribution in [2.75, 3.05) is 0 Å². The fourth-order valence-corrected chi connectivity index (χ4v) is 2.81. The largest absolute Gasteiger partial charge is 0.505 e. The lowest BCUT2D eigenvalue weighted by atomic mass is 9.88. The first kappa shape index (κ1) is 11.4. The molecule has 0 aliphatic heterocycles. The molecule has 1 aromatic carbocycles. The Kier molecular flexibility index (Phi) is 2.92. The molecule has 2 rings (SSSR count). The van der Waals surface area contributed by atoms with Gasteiger partial charge in [0.15, 0.2) is 11.6 Å². The van der Waals surface area contributed by atoms with Gasteiger partial charge in [0.2, 0.25) is 0 Å². The van der Waals surface area contributed by atoms with E-state index in [1.807, 2.05) is 0 Å². The van der Waals surface area contributed by atoms with Crippen molar-refractivity contribution in [3.05, 3.63) is 28.6 Å². The van der Waals surface area contributed by atoms with E-state index in [4.69, 9.17) is 0 Å². The SMILES string of the molecule is CCC1CCc2c(F)c(O)cc(C(C)C)c21. The molecule has 1 N–H and O–H groups in total. The van der Waals surface area contributed by atoms with E-state index in [-0.39, 0.29) is 5.75 Å². The van der Waals surface area contributed by atoms with Gasteiger partial charge < -0.3 is 5.11 Å². The van der Waals surface area contributed by atoms with Gasteiger partial charge in [0.25, 0.3) is 0 Å². The van der Waals surface area contributed by atoms with Crippen LogP contribution in [0.3, 0.4) is 0 Å². The topological polar surface area (TPSA) is 20.2 Å². The number of aromatic hydroxyl groups is 1. The number of fused-ring (bicyclic) bond motifs is 1. The molecule has 0 spiro atoms. The summed E-state index contributed by atoms with van der Waals surface area (Å²) in [5.41, 5.74) is 3.06. The Balaban J connectivity index is 2.64. The Labute approximate surface area is 96.3 Å². The molecular formula is C14H19FO. The van der Waals surface area contributed by atoms with Crippen LogP contribution < -0.4 is 0 Å². The summed E-state index contributed by atoms with van der Waals surface area (Å²) in [6.45, 7) is 6.34. The zero-order valence-corrected chi connectivity index (χ0v) is 10.2. The first-order valence-corrected chi connectivity index (χ1v) is 6.10. The van der Waals surface area contributed by atoms with Crippen LogP contribution >= 0.6 is 0 Å². The van der Waals surface area contributed by atoms with Crippen LogP contribution in [0, 0.1) is 5.82 Å². The summed E-state index contributed by atoms with van der Waals surface area (Å²) in [6.07, 6.45) is 2.84. The molecule has 0 saturated carbocycles. The fourth-order valence-electron chi connectivity index (χ4n) is 2.81. The van der Waals surface area contributed by atoms with E-state index in [1.54, 1.807) is 6.07 Å². The van der Waals surface area contributed by atoms with Gasteiger partial charge in [-0.2, -0.15) is 0 Å². The predicted octanol–water partition coefficient (Wildman–Crippen LogP) is 4.09. The van der Waals surface area contributed by atoms with Crippen LogP contribution in [-0.2, 0) is 6.42 Å². The first-order valence-electron chi connectivity index (χ1n) is 6.10. The quantitative estimate of drug-likeness (QED) is 0.799. The van der Waals surface area contributed by atoms with E-state index >= 15 is 0 Å². The lowest BCUT2D eigenvalue weighted by Crippen LogP contribution is -2.02. The van der Waals surface area contributed by atoms with Crippen LogP contribution in [0.1, 0.15) is 62.1 Å². The zero-order chi connectivity index (χ0) is 11.9. The molecule has 0 saturated heterocycles. The zero-order valence-electron chi connectivity index (χ0n) is 10.2. The van der Waals surface area contributed by atoms with Gasteiger partial charge in [-0.1, -0.05) is 20.8 Å². The van der Waals surface area contributed by atoms with Gasteiger partial charge in [-0.15, -0.1) is 0 Å². The Morgan fingerprint density at radius 2 is 2.19 bits per heavy atom. The van der Waals surface area contributed by atoms with Crippen molar-refractivity contribution in [3.8, 4) is 5.75 Å². The fraction of sp³-hybridized carbons (Fsp3) is 0.571. The molecule has 0 fully saturated rings. The van der Waals surface area contributed by atoms with Gasteiger partial charge in [0, 0.05) is 0 Å². The summed E-state index contributed by atoms with van der Waals surface area (Å²) < 4.78 is 13.8. The smallest absolute Gasteiger partial charge is 0.168 e. The monoisotopic (exact) mass is 222 g/mol. The molecule has 0 amide bonds. The van der Waals surface area contributed by atoms with Crippen molar-refractivity contribution < 1.29 is 9.50 Å². The third-order valence-corrected chi connectivity index (χ3v) is 3.68. The highest BCUT2D eigenvalue weighted by atomic mass is 19.1. The van der Waals surface area contributed by atoms with Crippen LogP contribution in [0.4, 0.5) is 4.39 Å². The van der Waals surface area contributed by atoms with Crippen molar-refractivity contribution >= 4 is 0 Å². The average Bonchev–Trinajstić information content (AvgIpc) is 2.66. The van der Waals surface area contributed by atoms with E-state index < -0.39 is 5.82 Å². The van der Waals surface area contributed by atoms with Gasteiger partial charge in [-0.3, -0.25) is 0 Å². The van der Waals surface area contributed by atoms with E-state index in [9.17, 15) is 9.50 Å². The summed E-state index contributed by atoms with van der Waals surface area (Å²) in [5.74, 6) is 0.240. The second-order valence-corrected chi connectivity index (χ2v) is 4.99. The maximum atomic E-state index is 13.8. The van der Waals surface area contributed by atoms with E-state index in [0.29, 0.717) is 11.8 Å². The molecule has 1 aromatic rings. The molecule has 1 nitrogen and oxygen atoms in total. The molecule has 1 unspecified atom stereocenters. The maximum Gasteiger partial charge on any atom is 0.168 e. The van der Waals surface area contributed by atoms with Crippen molar-refractivity contribution in [3.63, 3.8) is 0 Å². The minimum Gasteiger partial charge on any atom is -0.505 e. The third-order valence-electron chi connectivity index (χ3n) is 3.68. The second kappa shape index (κ2) is 4.08. The summed E-state index contributed by atoms with van der Waals surface area (Å²) >= 11 is 0. The minimum atomic E-state index is -0.393. The van der Waals surface area contributed by atoms with Crippen LogP contribution in [0.15, 0.2) is 6.07 Å². The Bertz CT molecular complexity index is 410. The molecule has 1 atom stereocenters. The molecule has 1 aliphatic carbocycles. The minimum absolute atomic E-state index is 0.181. The number of benzene rings is 1. The van der Waals surface area contributed by atoms with Gasteiger partial charge in [0.1, 0.15) is 0 Å². The molecule has 0 bridgehead atoms. The maximum absolute atomic E-state index is 13.8. The van der Waals surface area contributed by atoms with E-state index in [1.165, 1.54) is 5.56 Å². The molecular weight excluding hydrogens is 203 g/mol. The highest BCUT2D eigenvalue weighted by molar-refractivity contribution is 5.49. The van der Waals surface area contributed by atoms with E-state index in [2.05, 4.69) is 20.8 Å². The number of phenols is 1. The molecule has 1 aliphatic rings. The number of rotatable bonds is 2. The van der Waals surface area contributed by atoms with Crippen molar-refractivity contribution in [1.29, 1.82) is 0 Å². The number of hydrogen-bond donors (Lipinski definition) is 1. The summed E-state index contributed by atoms with van der Waals surface area (Å²) in [7, 11) is 0. The number of phenolic OH excluding ortho intramolecular Hbond substituents is 1. The Morgan fingerprint density at radius 1 is 1.50 bits per heavy atom. The molecule has 16 heavy (non-hydrogen) atoms. The predicted molar refractivity (Wildman–Crippen MR) is 63.5 cm³/mol. The van der Waals surface area contributed by atoms with E-state index in [0.717, 1.165) is 30.4 Å². The lowest BCUT2D eigenvalue weighted by Gasteiger charge is -2.18.